The van der Waals surface area contributed by atoms with E-state index in [0.717, 1.165) is 11.2 Å². The molecule has 0 aliphatic heterocycles. The molecule has 0 aliphatic carbocycles. The fraction of sp³-hybridized carbons (Fsp3) is 0.333. The van der Waals surface area contributed by atoms with E-state index < -0.39 is 0 Å². The van der Waals surface area contributed by atoms with Gasteiger partial charge >= 0.3 is 0 Å². The Morgan fingerprint density at radius 2 is 2.07 bits per heavy atom. The van der Waals surface area contributed by atoms with E-state index in [0.29, 0.717) is 12.2 Å². The summed E-state index contributed by atoms with van der Waals surface area (Å²) < 4.78 is 0. The molecule has 0 N–H and O–H groups in total. The minimum absolute atomic E-state index is 0.135. The first-order valence-electron chi connectivity index (χ1n) is 4.88. The molecule has 0 fully saturated rings. The molecule has 0 aromatic heterocycles. The molecule has 0 radical (unpaired) electrons. The average Bonchev–Trinajstić information content (AvgIpc) is 2.27. The first-order valence-corrected chi connectivity index (χ1v) is 5.86. The Balaban J connectivity index is 2.37. The SMILES string of the molecule is CC(CC=O)C(=O)CSc1ccccc1. The smallest absolute Gasteiger partial charge is 0.146 e. The Morgan fingerprint density at radius 1 is 1.40 bits per heavy atom. The Labute approximate surface area is 94.1 Å². The summed E-state index contributed by atoms with van der Waals surface area (Å²) >= 11 is 1.52. The maximum atomic E-state index is 11.5. The van der Waals surface area contributed by atoms with Gasteiger partial charge in [0, 0.05) is 17.2 Å². The van der Waals surface area contributed by atoms with Gasteiger partial charge in [0.05, 0.1) is 5.75 Å². The van der Waals surface area contributed by atoms with Gasteiger partial charge in [-0.2, -0.15) is 0 Å². The molecule has 1 rings (SSSR count). The van der Waals surface area contributed by atoms with Crippen LogP contribution in [0.1, 0.15) is 13.3 Å². The van der Waals surface area contributed by atoms with Gasteiger partial charge in [-0.3, -0.25) is 4.79 Å². The molecule has 0 heterocycles. The van der Waals surface area contributed by atoms with Crippen molar-refractivity contribution in [3.8, 4) is 0 Å². The van der Waals surface area contributed by atoms with Gasteiger partial charge in [-0.15, -0.1) is 11.8 Å². The third-order valence-corrected chi connectivity index (χ3v) is 3.16. The maximum absolute atomic E-state index is 11.5. The van der Waals surface area contributed by atoms with Crippen molar-refractivity contribution < 1.29 is 9.59 Å². The summed E-state index contributed by atoms with van der Waals surface area (Å²) in [6.07, 6.45) is 1.13. The van der Waals surface area contributed by atoms with E-state index in [1.165, 1.54) is 11.8 Å². The molecule has 1 aromatic carbocycles. The van der Waals surface area contributed by atoms with Gasteiger partial charge < -0.3 is 4.79 Å². The van der Waals surface area contributed by atoms with E-state index in [9.17, 15) is 9.59 Å². The third kappa shape index (κ3) is 4.30. The number of benzene rings is 1. The molecule has 0 spiro atoms. The quantitative estimate of drug-likeness (QED) is 0.548. The summed E-state index contributed by atoms with van der Waals surface area (Å²) in [6.45, 7) is 1.79. The van der Waals surface area contributed by atoms with Crippen molar-refractivity contribution in [1.82, 2.24) is 0 Å². The van der Waals surface area contributed by atoms with E-state index in [2.05, 4.69) is 0 Å². The van der Waals surface area contributed by atoms with Crippen LogP contribution >= 0.6 is 11.8 Å². The van der Waals surface area contributed by atoms with Crippen LogP contribution in [0.15, 0.2) is 35.2 Å². The third-order valence-electron chi connectivity index (χ3n) is 2.12. The van der Waals surface area contributed by atoms with Crippen molar-refractivity contribution in [1.29, 1.82) is 0 Å². The number of ketones is 1. The highest BCUT2D eigenvalue weighted by Crippen LogP contribution is 2.18. The second kappa shape index (κ2) is 6.40. The van der Waals surface area contributed by atoms with Crippen LogP contribution in [0.3, 0.4) is 0 Å². The molecule has 3 heteroatoms. The zero-order chi connectivity index (χ0) is 11.1. The molecule has 0 aliphatic rings. The van der Waals surface area contributed by atoms with E-state index in [1.54, 1.807) is 6.92 Å². The van der Waals surface area contributed by atoms with Crippen molar-refractivity contribution in [3.05, 3.63) is 30.3 Å². The molecule has 2 nitrogen and oxygen atoms in total. The van der Waals surface area contributed by atoms with Gasteiger partial charge in [0.2, 0.25) is 0 Å². The second-order valence-corrected chi connectivity index (χ2v) is 4.42. The van der Waals surface area contributed by atoms with E-state index in [4.69, 9.17) is 0 Å². The normalized spacial score (nSPS) is 12.1. The van der Waals surface area contributed by atoms with Gasteiger partial charge in [-0.25, -0.2) is 0 Å². The predicted octanol–water partition coefficient (Wildman–Crippen LogP) is 2.57. The number of Topliss-reactive ketones (excluding diaryl/α,β-unsaturated/α-hetero) is 1. The number of hydrogen-bond donors (Lipinski definition) is 0. The number of hydrogen-bond acceptors (Lipinski definition) is 3. The number of carbonyl (C=O) groups is 2. The number of aldehydes is 1. The lowest BCUT2D eigenvalue weighted by Crippen LogP contribution is -2.13. The molecule has 1 unspecified atom stereocenters. The lowest BCUT2D eigenvalue weighted by molar-refractivity contribution is -0.122. The van der Waals surface area contributed by atoms with Crippen LogP contribution < -0.4 is 0 Å². The van der Waals surface area contributed by atoms with Crippen LogP contribution in [0.5, 0.6) is 0 Å². The van der Waals surface area contributed by atoms with Crippen molar-refractivity contribution in [3.63, 3.8) is 0 Å². The number of carbonyl (C=O) groups excluding carboxylic acids is 2. The predicted molar refractivity (Wildman–Crippen MR) is 62.0 cm³/mol. The highest BCUT2D eigenvalue weighted by atomic mass is 32.2. The number of thioether (sulfide) groups is 1. The summed E-state index contributed by atoms with van der Waals surface area (Å²) in [4.78, 5) is 22.8. The fourth-order valence-electron chi connectivity index (χ4n) is 1.09. The molecule has 0 amide bonds. The Hall–Kier alpha value is -1.09. The van der Waals surface area contributed by atoms with Crippen LogP contribution in [0.2, 0.25) is 0 Å². The topological polar surface area (TPSA) is 34.1 Å². The van der Waals surface area contributed by atoms with Crippen LogP contribution in [0, 0.1) is 5.92 Å². The molecule has 0 saturated heterocycles. The van der Waals surface area contributed by atoms with Gasteiger partial charge in [-0.05, 0) is 12.1 Å². The van der Waals surface area contributed by atoms with Crippen molar-refractivity contribution >= 4 is 23.8 Å². The molecule has 1 aromatic rings. The summed E-state index contributed by atoms with van der Waals surface area (Å²) in [5, 5.41) is 0. The lowest BCUT2D eigenvalue weighted by atomic mass is 10.1. The van der Waals surface area contributed by atoms with Gasteiger partial charge in [-0.1, -0.05) is 25.1 Å². The second-order valence-electron chi connectivity index (χ2n) is 3.37. The minimum Gasteiger partial charge on any atom is -0.303 e. The number of rotatable bonds is 6. The maximum Gasteiger partial charge on any atom is 0.146 e. The molecular formula is C12H14O2S. The molecule has 1 atom stereocenters. The van der Waals surface area contributed by atoms with Gasteiger partial charge in [0.25, 0.3) is 0 Å². The Bertz CT molecular complexity index is 322. The Kier molecular flexibility index (Phi) is 5.12. The summed E-state index contributed by atoms with van der Waals surface area (Å²) in [7, 11) is 0. The summed E-state index contributed by atoms with van der Waals surface area (Å²) in [5.41, 5.74) is 0. The van der Waals surface area contributed by atoms with E-state index in [1.807, 2.05) is 30.3 Å². The highest BCUT2D eigenvalue weighted by molar-refractivity contribution is 8.00. The van der Waals surface area contributed by atoms with Gasteiger partial charge in [0.15, 0.2) is 0 Å². The lowest BCUT2D eigenvalue weighted by Gasteiger charge is -2.05. The monoisotopic (exact) mass is 222 g/mol. The fourth-order valence-corrected chi connectivity index (χ4v) is 2.03. The zero-order valence-electron chi connectivity index (χ0n) is 8.68. The van der Waals surface area contributed by atoms with Crippen molar-refractivity contribution in [2.45, 2.75) is 18.2 Å². The molecule has 15 heavy (non-hydrogen) atoms. The first-order chi connectivity index (χ1) is 7.24. The largest absolute Gasteiger partial charge is 0.303 e. The summed E-state index contributed by atoms with van der Waals surface area (Å²) in [5.74, 6) is 0.425. The highest BCUT2D eigenvalue weighted by Gasteiger charge is 2.12. The van der Waals surface area contributed by atoms with E-state index in [-0.39, 0.29) is 11.7 Å². The average molecular weight is 222 g/mol. The van der Waals surface area contributed by atoms with Crippen LogP contribution in [0.25, 0.3) is 0 Å². The van der Waals surface area contributed by atoms with Crippen LogP contribution in [0.4, 0.5) is 0 Å². The van der Waals surface area contributed by atoms with Crippen LogP contribution in [-0.2, 0) is 9.59 Å². The van der Waals surface area contributed by atoms with Crippen molar-refractivity contribution in [2.75, 3.05) is 5.75 Å². The summed E-state index contributed by atoms with van der Waals surface area (Å²) in [6, 6.07) is 9.79. The Morgan fingerprint density at radius 3 is 2.67 bits per heavy atom. The van der Waals surface area contributed by atoms with E-state index >= 15 is 0 Å². The van der Waals surface area contributed by atoms with Crippen LogP contribution in [-0.4, -0.2) is 17.8 Å². The molecule has 80 valence electrons. The standard InChI is InChI=1S/C12H14O2S/c1-10(7-8-13)12(14)9-15-11-5-3-2-4-6-11/h2-6,8,10H,7,9H2,1H3. The zero-order valence-corrected chi connectivity index (χ0v) is 9.50. The first kappa shape index (κ1) is 12.0. The van der Waals surface area contributed by atoms with Gasteiger partial charge in [0.1, 0.15) is 12.1 Å². The molecule has 0 bridgehead atoms. The molecular weight excluding hydrogens is 208 g/mol. The molecule has 0 saturated carbocycles. The minimum atomic E-state index is -0.154. The van der Waals surface area contributed by atoms with Crippen molar-refractivity contribution in [2.24, 2.45) is 5.92 Å².